The molecule has 2 aromatic heterocycles. The van der Waals surface area contributed by atoms with Crippen molar-refractivity contribution >= 4 is 11.6 Å². The molecule has 1 aromatic carbocycles. The summed E-state index contributed by atoms with van der Waals surface area (Å²) in [5.74, 6) is 2.41. The SMILES string of the molecule is CCNCC1CC(Oc2nc(N[C@@H](C)c3cccc(OC)c3)n3ncc(C(C)C)c3n2)C1. The molecule has 0 saturated heterocycles. The molecular formula is C24H34N6O2. The molecule has 0 spiro atoms. The van der Waals surface area contributed by atoms with Gasteiger partial charge in [-0.15, -0.1) is 0 Å². The Bertz CT molecular complexity index is 1040. The third kappa shape index (κ3) is 4.80. The van der Waals surface area contributed by atoms with Crippen LogP contribution in [-0.4, -0.2) is 45.9 Å². The van der Waals surface area contributed by atoms with Crippen LogP contribution in [0.3, 0.4) is 0 Å². The lowest BCUT2D eigenvalue weighted by Gasteiger charge is -2.34. The number of rotatable bonds is 10. The topological polar surface area (TPSA) is 85.6 Å². The first kappa shape index (κ1) is 22.3. The Morgan fingerprint density at radius 2 is 2.00 bits per heavy atom. The standard InChI is InChI=1S/C24H34N6O2/c1-6-25-13-17-10-20(11-17)32-24-28-22-21(15(2)3)14-26-30(22)23(29-24)27-16(4)18-8-7-9-19(12-18)31-5/h7-9,12,14-17,20,25H,6,10-11,13H2,1-5H3,(H,27,28,29)/t16-,17?,20?/m0/s1. The number of nitrogens with zero attached hydrogens (tertiary/aromatic N) is 4. The molecule has 8 heteroatoms. The first-order valence-corrected chi connectivity index (χ1v) is 11.5. The maximum absolute atomic E-state index is 6.19. The van der Waals surface area contributed by atoms with Gasteiger partial charge in [0.05, 0.1) is 19.3 Å². The van der Waals surface area contributed by atoms with Crippen LogP contribution < -0.4 is 20.1 Å². The molecule has 4 rings (SSSR count). The first-order valence-electron chi connectivity index (χ1n) is 11.5. The Kier molecular flexibility index (Phi) is 6.79. The van der Waals surface area contributed by atoms with Crippen molar-refractivity contribution in [1.82, 2.24) is 24.9 Å². The van der Waals surface area contributed by atoms with Gasteiger partial charge in [0.25, 0.3) is 0 Å². The maximum atomic E-state index is 6.19. The summed E-state index contributed by atoms with van der Waals surface area (Å²) in [6.07, 6.45) is 4.09. The Morgan fingerprint density at radius 3 is 2.72 bits per heavy atom. The average Bonchev–Trinajstić information content (AvgIpc) is 3.19. The van der Waals surface area contributed by atoms with Crippen LogP contribution in [0, 0.1) is 5.92 Å². The molecule has 0 aliphatic heterocycles. The predicted molar refractivity (Wildman–Crippen MR) is 126 cm³/mol. The minimum atomic E-state index is -0.00375. The van der Waals surface area contributed by atoms with Crippen molar-refractivity contribution in [3.05, 3.63) is 41.6 Å². The second kappa shape index (κ2) is 9.73. The molecule has 0 unspecified atom stereocenters. The van der Waals surface area contributed by atoms with Gasteiger partial charge in [0.1, 0.15) is 11.9 Å². The van der Waals surface area contributed by atoms with Crippen molar-refractivity contribution in [2.75, 3.05) is 25.5 Å². The fourth-order valence-electron chi connectivity index (χ4n) is 4.05. The van der Waals surface area contributed by atoms with Gasteiger partial charge >= 0.3 is 6.01 Å². The van der Waals surface area contributed by atoms with E-state index in [4.69, 9.17) is 19.4 Å². The summed E-state index contributed by atoms with van der Waals surface area (Å²) in [6, 6.07) is 8.42. The molecule has 2 heterocycles. The van der Waals surface area contributed by atoms with E-state index < -0.39 is 0 Å². The van der Waals surface area contributed by atoms with Crippen LogP contribution in [0.4, 0.5) is 5.95 Å². The Hall–Kier alpha value is -2.87. The second-order valence-corrected chi connectivity index (χ2v) is 8.85. The largest absolute Gasteiger partial charge is 0.497 e. The van der Waals surface area contributed by atoms with Crippen LogP contribution >= 0.6 is 0 Å². The number of ether oxygens (including phenoxy) is 2. The number of methoxy groups -OCH3 is 1. The lowest BCUT2D eigenvalue weighted by atomic mass is 9.82. The van der Waals surface area contributed by atoms with E-state index in [9.17, 15) is 0 Å². The number of nitrogens with one attached hydrogen (secondary N) is 2. The highest BCUT2D eigenvalue weighted by molar-refractivity contribution is 5.53. The Balaban J connectivity index is 1.58. The maximum Gasteiger partial charge on any atom is 0.322 e. The molecule has 0 radical (unpaired) electrons. The zero-order valence-corrected chi connectivity index (χ0v) is 19.6. The van der Waals surface area contributed by atoms with Gasteiger partial charge in [0.2, 0.25) is 5.95 Å². The number of hydrogen-bond donors (Lipinski definition) is 2. The lowest BCUT2D eigenvalue weighted by molar-refractivity contribution is 0.0568. The third-order valence-electron chi connectivity index (χ3n) is 6.08. The van der Waals surface area contributed by atoms with Crippen LogP contribution in [0.5, 0.6) is 11.8 Å². The van der Waals surface area contributed by atoms with Gasteiger partial charge in [-0.2, -0.15) is 19.6 Å². The second-order valence-electron chi connectivity index (χ2n) is 8.85. The van der Waals surface area contributed by atoms with E-state index in [2.05, 4.69) is 49.5 Å². The molecule has 1 saturated carbocycles. The molecular weight excluding hydrogens is 404 g/mol. The molecule has 1 aliphatic carbocycles. The molecule has 0 amide bonds. The number of benzene rings is 1. The minimum absolute atomic E-state index is 0.00375. The van der Waals surface area contributed by atoms with Crippen molar-refractivity contribution in [2.24, 2.45) is 5.92 Å². The van der Waals surface area contributed by atoms with Gasteiger partial charge in [-0.05, 0) is 62.4 Å². The van der Waals surface area contributed by atoms with Gasteiger partial charge in [-0.25, -0.2) is 0 Å². The van der Waals surface area contributed by atoms with E-state index in [-0.39, 0.29) is 12.1 Å². The van der Waals surface area contributed by atoms with E-state index in [0.717, 1.165) is 48.5 Å². The smallest absolute Gasteiger partial charge is 0.322 e. The van der Waals surface area contributed by atoms with Gasteiger partial charge < -0.3 is 20.1 Å². The summed E-state index contributed by atoms with van der Waals surface area (Å²) in [5.41, 5.74) is 2.96. The fraction of sp³-hybridized carbons (Fsp3) is 0.542. The molecule has 32 heavy (non-hydrogen) atoms. The number of anilines is 1. The van der Waals surface area contributed by atoms with Crippen LogP contribution in [0.25, 0.3) is 5.65 Å². The van der Waals surface area contributed by atoms with E-state index in [1.54, 1.807) is 11.6 Å². The summed E-state index contributed by atoms with van der Waals surface area (Å²) in [5, 5.41) is 11.5. The third-order valence-corrected chi connectivity index (χ3v) is 6.08. The molecule has 3 aromatic rings. The summed E-state index contributed by atoms with van der Waals surface area (Å²) < 4.78 is 13.3. The summed E-state index contributed by atoms with van der Waals surface area (Å²) in [4.78, 5) is 9.42. The zero-order valence-electron chi connectivity index (χ0n) is 19.6. The fourth-order valence-corrected chi connectivity index (χ4v) is 4.05. The summed E-state index contributed by atoms with van der Waals surface area (Å²) in [6.45, 7) is 10.6. The van der Waals surface area contributed by atoms with Crippen molar-refractivity contribution in [2.45, 2.75) is 58.6 Å². The van der Waals surface area contributed by atoms with Gasteiger partial charge in [-0.3, -0.25) is 0 Å². The van der Waals surface area contributed by atoms with Gasteiger partial charge in [-0.1, -0.05) is 32.9 Å². The monoisotopic (exact) mass is 438 g/mol. The van der Waals surface area contributed by atoms with Crippen LogP contribution in [0.15, 0.2) is 30.5 Å². The van der Waals surface area contributed by atoms with Crippen molar-refractivity contribution in [1.29, 1.82) is 0 Å². The van der Waals surface area contributed by atoms with Crippen molar-refractivity contribution in [3.8, 4) is 11.8 Å². The highest BCUT2D eigenvalue weighted by Crippen LogP contribution is 2.31. The first-order chi connectivity index (χ1) is 15.5. The van der Waals surface area contributed by atoms with Crippen molar-refractivity contribution < 1.29 is 9.47 Å². The number of fused-ring (bicyclic) bond motifs is 1. The highest BCUT2D eigenvalue weighted by Gasteiger charge is 2.31. The molecule has 172 valence electrons. The lowest BCUT2D eigenvalue weighted by Crippen LogP contribution is -2.39. The van der Waals surface area contributed by atoms with E-state index in [1.165, 1.54) is 0 Å². The molecule has 0 bridgehead atoms. The molecule has 1 atom stereocenters. The van der Waals surface area contributed by atoms with Crippen LogP contribution in [-0.2, 0) is 0 Å². The Labute approximate surface area is 189 Å². The molecule has 1 fully saturated rings. The van der Waals surface area contributed by atoms with Crippen LogP contribution in [0.2, 0.25) is 0 Å². The molecule has 1 aliphatic rings. The average molecular weight is 439 g/mol. The highest BCUT2D eigenvalue weighted by atomic mass is 16.5. The van der Waals surface area contributed by atoms with E-state index in [0.29, 0.717) is 23.8 Å². The molecule has 8 nitrogen and oxygen atoms in total. The van der Waals surface area contributed by atoms with Gasteiger partial charge in [0.15, 0.2) is 5.65 Å². The zero-order chi connectivity index (χ0) is 22.7. The summed E-state index contributed by atoms with van der Waals surface area (Å²) >= 11 is 0. The molecule has 2 N–H and O–H groups in total. The van der Waals surface area contributed by atoms with Crippen molar-refractivity contribution in [3.63, 3.8) is 0 Å². The normalized spacial score (nSPS) is 19.1. The summed E-state index contributed by atoms with van der Waals surface area (Å²) in [7, 11) is 1.68. The minimum Gasteiger partial charge on any atom is -0.497 e. The van der Waals surface area contributed by atoms with E-state index >= 15 is 0 Å². The number of aromatic nitrogens is 4. The number of hydrogen-bond acceptors (Lipinski definition) is 7. The quantitative estimate of drug-likeness (QED) is 0.491. The predicted octanol–water partition coefficient (Wildman–Crippen LogP) is 4.20. The van der Waals surface area contributed by atoms with E-state index in [1.807, 2.05) is 24.4 Å². The van der Waals surface area contributed by atoms with Crippen LogP contribution in [0.1, 0.15) is 63.6 Å². The van der Waals surface area contributed by atoms with Gasteiger partial charge in [0, 0.05) is 5.56 Å². The Morgan fingerprint density at radius 1 is 1.19 bits per heavy atom.